The highest BCUT2D eigenvalue weighted by molar-refractivity contribution is 5.88. The van der Waals surface area contributed by atoms with Crippen LogP contribution in [-0.4, -0.2) is 19.6 Å². The molecule has 0 radical (unpaired) electrons. The first-order valence-corrected chi connectivity index (χ1v) is 20.3. The zero-order valence-electron chi connectivity index (χ0n) is 36.2. The smallest absolute Gasteiger partial charge is 0.188 e. The summed E-state index contributed by atoms with van der Waals surface area (Å²) in [6.07, 6.45) is 0. The Balaban J connectivity index is 1.53. The fourth-order valence-corrected chi connectivity index (χ4v) is 7.55. The van der Waals surface area contributed by atoms with Crippen LogP contribution in [-0.2, 0) is 21.7 Å². The van der Waals surface area contributed by atoms with Crippen LogP contribution in [0.4, 0.5) is 5.69 Å². The molecular formula is C53H56N4O. The van der Waals surface area contributed by atoms with Crippen LogP contribution in [0.2, 0.25) is 0 Å². The molecule has 0 fully saturated rings. The Hall–Kier alpha value is -5.99. The van der Waals surface area contributed by atoms with Gasteiger partial charge in [0.05, 0.1) is 34.7 Å². The fourth-order valence-electron chi connectivity index (χ4n) is 7.55. The second kappa shape index (κ2) is 14.4. The molecule has 0 unspecified atom stereocenters. The number of aromatic hydroxyl groups is 1. The molecular weight excluding hydrogens is 709 g/mol. The molecule has 0 saturated carbocycles. The van der Waals surface area contributed by atoms with Crippen LogP contribution in [0.25, 0.3) is 66.6 Å². The molecule has 0 aliphatic rings. The van der Waals surface area contributed by atoms with Crippen molar-refractivity contribution in [1.82, 2.24) is 14.5 Å². The van der Waals surface area contributed by atoms with Gasteiger partial charge in [-0.2, -0.15) is 0 Å². The molecule has 5 aromatic carbocycles. The zero-order chi connectivity index (χ0) is 41.9. The number of hydrogen-bond acceptors (Lipinski definition) is 3. The highest BCUT2D eigenvalue weighted by Gasteiger charge is 2.27. The molecule has 5 heteroatoms. The summed E-state index contributed by atoms with van der Waals surface area (Å²) in [6.45, 7) is 34.2. The van der Waals surface area contributed by atoms with E-state index in [1.807, 2.05) is 6.07 Å². The van der Waals surface area contributed by atoms with Gasteiger partial charge in [-0.1, -0.05) is 132 Å². The number of imidazole rings is 1. The number of fused-ring (bicyclic) bond motifs is 1. The summed E-state index contributed by atoms with van der Waals surface area (Å²) in [4.78, 5) is 14.5. The van der Waals surface area contributed by atoms with Gasteiger partial charge in [-0.05, 0) is 116 Å². The third kappa shape index (κ3) is 7.81. The van der Waals surface area contributed by atoms with Crippen LogP contribution >= 0.6 is 0 Å². The SMILES string of the molecule is [C-]#[N+]c1cc(-c2cc(C(C)(C)C)cc(-c3cc(-c4nc5ccccc5n4-c4ccc(C(C)(C)C)cc4-c4ccccc4)cc(C(C)(C)C)c3)n2)c(O)c(C(C)(C)C)c1. The zero-order valence-corrected chi connectivity index (χ0v) is 36.2. The van der Waals surface area contributed by atoms with Crippen molar-refractivity contribution < 1.29 is 5.11 Å². The second-order valence-corrected chi connectivity index (χ2v) is 19.8. The topological polar surface area (TPSA) is 55.3 Å². The van der Waals surface area contributed by atoms with E-state index in [0.29, 0.717) is 16.9 Å². The van der Waals surface area contributed by atoms with Gasteiger partial charge in [0.1, 0.15) is 11.6 Å². The first-order valence-electron chi connectivity index (χ1n) is 20.3. The number of aromatic nitrogens is 3. The minimum Gasteiger partial charge on any atom is -0.507 e. The lowest BCUT2D eigenvalue weighted by Crippen LogP contribution is -2.14. The van der Waals surface area contributed by atoms with Gasteiger partial charge >= 0.3 is 0 Å². The molecule has 0 bridgehead atoms. The molecule has 0 amide bonds. The molecule has 0 atom stereocenters. The Kier molecular flexibility index (Phi) is 10.0. The maximum atomic E-state index is 11.8. The number of para-hydroxylation sites is 2. The normalized spacial score (nSPS) is 12.5. The molecule has 0 saturated heterocycles. The second-order valence-electron chi connectivity index (χ2n) is 19.8. The van der Waals surface area contributed by atoms with Crippen LogP contribution in [0.5, 0.6) is 5.75 Å². The standard InChI is InChI=1S/C53H56N4O/c1-50(2,3)36-23-24-46(40(28-36)33-19-15-14-16-20-33)57-47-22-18-17-21-43(47)56-49(57)35-25-34(26-37(27-35)51(4,5)6)44-29-38(52(7,8)9)30-45(55-44)41-31-39(54-13)32-42(48(41)58)53(10,11)12/h14-32,58H,1-12H3. The minimum atomic E-state index is -0.376. The largest absolute Gasteiger partial charge is 0.507 e. The van der Waals surface area contributed by atoms with Crippen LogP contribution in [0, 0.1) is 6.57 Å². The third-order valence-electron chi connectivity index (χ3n) is 11.1. The highest BCUT2D eigenvalue weighted by Crippen LogP contribution is 2.44. The lowest BCUT2D eigenvalue weighted by molar-refractivity contribution is 0.448. The molecule has 2 heterocycles. The van der Waals surface area contributed by atoms with Crippen molar-refractivity contribution in [3.05, 3.63) is 149 Å². The first-order chi connectivity index (χ1) is 27.1. The van der Waals surface area contributed by atoms with Crippen molar-refractivity contribution >= 4 is 16.7 Å². The van der Waals surface area contributed by atoms with Crippen molar-refractivity contribution in [2.45, 2.75) is 105 Å². The summed E-state index contributed by atoms with van der Waals surface area (Å²) < 4.78 is 2.32. The minimum absolute atomic E-state index is 0.0341. The monoisotopic (exact) mass is 764 g/mol. The third-order valence-corrected chi connectivity index (χ3v) is 11.1. The summed E-state index contributed by atoms with van der Waals surface area (Å²) in [5, 5.41) is 11.8. The van der Waals surface area contributed by atoms with E-state index in [1.165, 1.54) is 5.56 Å². The Labute approximate surface area is 345 Å². The molecule has 1 N–H and O–H groups in total. The van der Waals surface area contributed by atoms with E-state index in [0.717, 1.165) is 67.2 Å². The average Bonchev–Trinajstić information content (AvgIpc) is 3.56. The highest BCUT2D eigenvalue weighted by atomic mass is 16.3. The number of phenolic OH excluding ortho intramolecular Hbond substituents is 1. The predicted molar refractivity (Wildman–Crippen MR) is 243 cm³/mol. The molecule has 294 valence electrons. The lowest BCUT2D eigenvalue weighted by atomic mass is 9.82. The quantitative estimate of drug-likeness (QED) is 0.178. The molecule has 0 aliphatic carbocycles. The number of phenols is 1. The van der Waals surface area contributed by atoms with Gasteiger partial charge in [0.15, 0.2) is 5.69 Å². The number of rotatable bonds is 5. The van der Waals surface area contributed by atoms with Crippen LogP contribution in [0.1, 0.15) is 105 Å². The van der Waals surface area contributed by atoms with Crippen molar-refractivity contribution in [2.24, 2.45) is 0 Å². The molecule has 2 aromatic heterocycles. The summed E-state index contributed by atoms with van der Waals surface area (Å²) in [6, 6.07) is 40.4. The van der Waals surface area contributed by atoms with Crippen LogP contribution < -0.4 is 0 Å². The van der Waals surface area contributed by atoms with Gasteiger partial charge in [-0.3, -0.25) is 4.57 Å². The maximum Gasteiger partial charge on any atom is 0.188 e. The van der Waals surface area contributed by atoms with Crippen molar-refractivity contribution in [3.63, 3.8) is 0 Å². The van der Waals surface area contributed by atoms with Crippen molar-refractivity contribution in [1.29, 1.82) is 0 Å². The molecule has 7 rings (SSSR count). The van der Waals surface area contributed by atoms with Gasteiger partial charge in [0.2, 0.25) is 0 Å². The lowest BCUT2D eigenvalue weighted by Gasteiger charge is -2.25. The van der Waals surface area contributed by atoms with E-state index in [1.54, 1.807) is 12.1 Å². The molecule has 58 heavy (non-hydrogen) atoms. The Morgan fingerprint density at radius 3 is 1.76 bits per heavy atom. The van der Waals surface area contributed by atoms with E-state index in [2.05, 4.69) is 190 Å². The summed E-state index contributed by atoms with van der Waals surface area (Å²) in [5.41, 5.74) is 13.1. The first kappa shape index (κ1) is 40.2. The molecule has 7 aromatic rings. The fraction of sp³-hybridized carbons (Fsp3) is 0.302. The van der Waals surface area contributed by atoms with E-state index < -0.39 is 0 Å². The molecule has 0 spiro atoms. The predicted octanol–water partition coefficient (Wildman–Crippen LogP) is 14.5. The van der Waals surface area contributed by atoms with E-state index in [9.17, 15) is 5.11 Å². The number of benzene rings is 5. The molecule has 0 aliphatic heterocycles. The summed E-state index contributed by atoms with van der Waals surface area (Å²) >= 11 is 0. The molecule has 5 nitrogen and oxygen atoms in total. The van der Waals surface area contributed by atoms with Crippen molar-refractivity contribution in [2.75, 3.05) is 0 Å². The van der Waals surface area contributed by atoms with Gasteiger partial charge in [0.25, 0.3) is 0 Å². The van der Waals surface area contributed by atoms with Gasteiger partial charge in [-0.15, -0.1) is 0 Å². The van der Waals surface area contributed by atoms with E-state index in [-0.39, 0.29) is 27.4 Å². The Morgan fingerprint density at radius 1 is 0.517 bits per heavy atom. The van der Waals surface area contributed by atoms with Gasteiger partial charge in [0, 0.05) is 22.3 Å². The van der Waals surface area contributed by atoms with Crippen LogP contribution in [0.15, 0.2) is 115 Å². The number of hydrogen-bond donors (Lipinski definition) is 1. The van der Waals surface area contributed by atoms with Gasteiger partial charge in [-0.25, -0.2) is 14.8 Å². The van der Waals surface area contributed by atoms with E-state index in [4.69, 9.17) is 16.5 Å². The summed E-state index contributed by atoms with van der Waals surface area (Å²) in [7, 11) is 0. The number of pyridine rings is 1. The van der Waals surface area contributed by atoms with Crippen LogP contribution in [0.3, 0.4) is 0 Å². The van der Waals surface area contributed by atoms with Crippen molar-refractivity contribution in [3.8, 4) is 56.5 Å². The van der Waals surface area contributed by atoms with E-state index >= 15 is 0 Å². The number of nitrogens with zero attached hydrogens (tertiary/aromatic N) is 4. The summed E-state index contributed by atoms with van der Waals surface area (Å²) in [5.74, 6) is 1.01. The van der Waals surface area contributed by atoms with Gasteiger partial charge < -0.3 is 5.11 Å². The Morgan fingerprint density at radius 2 is 1.12 bits per heavy atom. The average molecular weight is 765 g/mol. The maximum absolute atomic E-state index is 11.8. The Bertz CT molecular complexity index is 2720.